The van der Waals surface area contributed by atoms with E-state index in [1.165, 1.54) is 18.2 Å². The summed E-state index contributed by atoms with van der Waals surface area (Å²) < 4.78 is 5.67. The van der Waals surface area contributed by atoms with Gasteiger partial charge in [0.1, 0.15) is 5.54 Å². The molecule has 6 heteroatoms. The second kappa shape index (κ2) is 5.36. The molecule has 0 aliphatic heterocycles. The molecule has 1 N–H and O–H groups in total. The minimum absolute atomic E-state index is 0.147. The molecule has 0 bridgehead atoms. The number of hydrogen-bond acceptors (Lipinski definition) is 3. The van der Waals surface area contributed by atoms with E-state index in [2.05, 4.69) is 15.9 Å². The summed E-state index contributed by atoms with van der Waals surface area (Å²) in [4.78, 5) is 25.3. The molecule has 0 atom stereocenters. The van der Waals surface area contributed by atoms with E-state index in [0.717, 1.165) is 19.3 Å². The Labute approximate surface area is 119 Å². The van der Waals surface area contributed by atoms with E-state index in [4.69, 9.17) is 4.42 Å². The van der Waals surface area contributed by atoms with Crippen LogP contribution in [0.1, 0.15) is 42.7 Å². The van der Waals surface area contributed by atoms with Crippen molar-refractivity contribution in [1.82, 2.24) is 4.90 Å². The molecule has 1 aliphatic rings. The summed E-state index contributed by atoms with van der Waals surface area (Å²) in [7, 11) is 1.54. The van der Waals surface area contributed by atoms with Crippen LogP contribution in [0.5, 0.6) is 0 Å². The van der Waals surface area contributed by atoms with Gasteiger partial charge in [-0.15, -0.1) is 0 Å². The number of hydrogen-bond donors (Lipinski definition) is 1. The number of aliphatic carboxylic acids is 1. The Morgan fingerprint density at radius 3 is 2.47 bits per heavy atom. The highest BCUT2D eigenvalue weighted by atomic mass is 79.9. The first-order valence-electron chi connectivity index (χ1n) is 6.23. The van der Waals surface area contributed by atoms with Gasteiger partial charge in [-0.25, -0.2) is 4.79 Å². The summed E-state index contributed by atoms with van der Waals surface area (Å²) in [5, 5.41) is 9.54. The number of carbonyl (C=O) groups excluding carboxylic acids is 1. The van der Waals surface area contributed by atoms with Crippen LogP contribution < -0.4 is 0 Å². The maximum atomic E-state index is 12.4. The van der Waals surface area contributed by atoms with Crippen molar-refractivity contribution in [1.29, 1.82) is 0 Å². The molecule has 2 rings (SSSR count). The van der Waals surface area contributed by atoms with E-state index in [-0.39, 0.29) is 5.76 Å². The van der Waals surface area contributed by atoms with Crippen molar-refractivity contribution >= 4 is 27.8 Å². The van der Waals surface area contributed by atoms with E-state index >= 15 is 0 Å². The van der Waals surface area contributed by atoms with Crippen molar-refractivity contribution in [3.8, 4) is 0 Å². The topological polar surface area (TPSA) is 70.8 Å². The number of furan rings is 1. The number of rotatable bonds is 3. The Kier molecular flexibility index (Phi) is 3.99. The van der Waals surface area contributed by atoms with Crippen LogP contribution in [-0.4, -0.2) is 34.5 Å². The van der Waals surface area contributed by atoms with Crippen molar-refractivity contribution < 1.29 is 19.1 Å². The van der Waals surface area contributed by atoms with Crippen molar-refractivity contribution in [2.75, 3.05) is 7.05 Å². The Hall–Kier alpha value is -1.30. The van der Waals surface area contributed by atoms with Gasteiger partial charge in [0.05, 0.1) is 10.7 Å². The molecule has 19 heavy (non-hydrogen) atoms. The fourth-order valence-electron chi connectivity index (χ4n) is 2.62. The van der Waals surface area contributed by atoms with E-state index in [0.29, 0.717) is 17.3 Å². The van der Waals surface area contributed by atoms with Crippen LogP contribution in [0.15, 0.2) is 21.2 Å². The fourth-order valence-corrected chi connectivity index (χ4v) is 2.99. The highest BCUT2D eigenvalue weighted by Gasteiger charge is 2.46. The Bertz CT molecular complexity index is 491. The van der Waals surface area contributed by atoms with E-state index in [1.807, 2.05) is 0 Å². The lowest BCUT2D eigenvalue weighted by Crippen LogP contribution is -2.56. The third-order valence-electron chi connectivity index (χ3n) is 3.84. The molecule has 0 saturated heterocycles. The summed E-state index contributed by atoms with van der Waals surface area (Å²) in [6.07, 6.45) is 5.04. The zero-order chi connectivity index (χ0) is 14.0. The van der Waals surface area contributed by atoms with Gasteiger partial charge in [0.2, 0.25) is 5.76 Å². The highest BCUT2D eigenvalue weighted by Crippen LogP contribution is 2.35. The van der Waals surface area contributed by atoms with Gasteiger partial charge in [0, 0.05) is 7.05 Å². The largest absolute Gasteiger partial charge is 0.479 e. The van der Waals surface area contributed by atoms with Gasteiger partial charge < -0.3 is 14.4 Å². The molecule has 5 nitrogen and oxygen atoms in total. The molecule has 1 heterocycles. The zero-order valence-electron chi connectivity index (χ0n) is 10.7. The summed E-state index contributed by atoms with van der Waals surface area (Å²) in [6.45, 7) is 0. The third-order valence-corrected chi connectivity index (χ3v) is 4.46. The van der Waals surface area contributed by atoms with E-state index in [1.54, 1.807) is 6.07 Å². The molecule has 0 radical (unpaired) electrons. The molecule has 1 fully saturated rings. The number of amides is 1. The number of likely N-dealkylation sites (N-methyl/N-ethyl adjacent to an activating group) is 1. The molecule has 1 amide bonds. The number of carboxylic acids is 1. The first kappa shape index (κ1) is 14.1. The van der Waals surface area contributed by atoms with Crippen LogP contribution in [0.3, 0.4) is 0 Å². The molecular weight excluding hydrogens is 314 g/mol. The summed E-state index contributed by atoms with van der Waals surface area (Å²) in [5.74, 6) is -1.19. The second-order valence-electron chi connectivity index (χ2n) is 4.86. The first-order valence-corrected chi connectivity index (χ1v) is 7.03. The number of carboxylic acid groups (broad SMARTS) is 1. The fraction of sp³-hybridized carbons (Fsp3) is 0.538. The normalized spacial score (nSPS) is 18.0. The Balaban J connectivity index is 2.30. The SMILES string of the molecule is CN(C(=O)c1occc1Br)C1(C(=O)O)CCCCC1. The van der Waals surface area contributed by atoms with Gasteiger partial charge in [-0.2, -0.15) is 0 Å². The minimum Gasteiger partial charge on any atom is -0.479 e. The van der Waals surface area contributed by atoms with Crippen molar-refractivity contribution in [3.63, 3.8) is 0 Å². The van der Waals surface area contributed by atoms with Crippen molar-refractivity contribution in [3.05, 3.63) is 22.6 Å². The molecule has 1 aromatic rings. The van der Waals surface area contributed by atoms with E-state index in [9.17, 15) is 14.7 Å². The van der Waals surface area contributed by atoms with Crippen LogP contribution in [-0.2, 0) is 4.79 Å². The molecule has 1 saturated carbocycles. The molecule has 0 aromatic carbocycles. The average molecular weight is 330 g/mol. The highest BCUT2D eigenvalue weighted by molar-refractivity contribution is 9.10. The van der Waals surface area contributed by atoms with Crippen LogP contribution >= 0.6 is 15.9 Å². The van der Waals surface area contributed by atoms with Gasteiger partial charge in [-0.3, -0.25) is 4.79 Å². The average Bonchev–Trinajstić information content (AvgIpc) is 2.84. The van der Waals surface area contributed by atoms with Crippen LogP contribution in [0.4, 0.5) is 0 Å². The predicted molar refractivity (Wildman–Crippen MR) is 72.0 cm³/mol. The number of nitrogens with zero attached hydrogens (tertiary/aromatic N) is 1. The van der Waals surface area contributed by atoms with Gasteiger partial charge in [0.25, 0.3) is 5.91 Å². The van der Waals surface area contributed by atoms with Crippen LogP contribution in [0.25, 0.3) is 0 Å². The monoisotopic (exact) mass is 329 g/mol. The Morgan fingerprint density at radius 1 is 1.37 bits per heavy atom. The lowest BCUT2D eigenvalue weighted by molar-refractivity contribution is -0.151. The first-order chi connectivity index (χ1) is 8.99. The Morgan fingerprint density at radius 2 is 2.00 bits per heavy atom. The zero-order valence-corrected chi connectivity index (χ0v) is 12.3. The predicted octanol–water partition coefficient (Wildman–Crippen LogP) is 2.90. The summed E-state index contributed by atoms with van der Waals surface area (Å²) >= 11 is 3.23. The second-order valence-corrected chi connectivity index (χ2v) is 5.71. The maximum Gasteiger partial charge on any atom is 0.329 e. The summed E-state index contributed by atoms with van der Waals surface area (Å²) in [6, 6.07) is 1.62. The molecule has 0 spiro atoms. The van der Waals surface area contributed by atoms with Gasteiger partial charge in [0.15, 0.2) is 0 Å². The molecule has 0 unspecified atom stereocenters. The van der Waals surface area contributed by atoms with Gasteiger partial charge in [-0.1, -0.05) is 19.3 Å². The third kappa shape index (κ3) is 2.41. The number of carbonyl (C=O) groups is 2. The summed E-state index contributed by atoms with van der Waals surface area (Å²) in [5.41, 5.74) is -1.11. The molecule has 1 aliphatic carbocycles. The van der Waals surface area contributed by atoms with Crippen LogP contribution in [0.2, 0.25) is 0 Å². The van der Waals surface area contributed by atoms with E-state index < -0.39 is 17.4 Å². The standard InChI is InChI=1S/C13H16BrNO4/c1-15(11(16)10-9(14)5-8-19-10)13(12(17)18)6-3-2-4-7-13/h5,8H,2-4,6-7H2,1H3,(H,17,18). The number of halogens is 1. The van der Waals surface area contributed by atoms with Crippen molar-refractivity contribution in [2.24, 2.45) is 0 Å². The molecular formula is C13H16BrNO4. The van der Waals surface area contributed by atoms with Crippen LogP contribution in [0, 0.1) is 0 Å². The quantitative estimate of drug-likeness (QED) is 0.925. The minimum atomic E-state index is -1.11. The lowest BCUT2D eigenvalue weighted by Gasteiger charge is -2.40. The van der Waals surface area contributed by atoms with Crippen molar-refractivity contribution in [2.45, 2.75) is 37.6 Å². The lowest BCUT2D eigenvalue weighted by atomic mass is 9.80. The maximum absolute atomic E-state index is 12.4. The smallest absolute Gasteiger partial charge is 0.329 e. The molecule has 104 valence electrons. The van der Waals surface area contributed by atoms with Gasteiger partial charge in [-0.05, 0) is 34.8 Å². The molecule has 1 aromatic heterocycles. The van der Waals surface area contributed by atoms with Gasteiger partial charge >= 0.3 is 5.97 Å².